The molecule has 0 atom stereocenters. The van der Waals surface area contributed by atoms with E-state index in [1.54, 1.807) is 0 Å². The highest BCUT2D eigenvalue weighted by Gasteiger charge is 2.18. The third-order valence-corrected chi connectivity index (χ3v) is 11.5. The largest absolute Gasteiger partial charge is 0.455 e. The van der Waals surface area contributed by atoms with Gasteiger partial charge in [0.1, 0.15) is 22.3 Å². The molecular weight excluding hydrogens is 697 g/mol. The monoisotopic (exact) mass is 728 g/mol. The van der Waals surface area contributed by atoms with Gasteiger partial charge in [0.2, 0.25) is 0 Å². The molecule has 0 saturated heterocycles. The number of benzene rings is 9. The predicted octanol–water partition coefficient (Wildman–Crippen LogP) is 15.1. The topological polar surface area (TPSA) is 42.4 Å². The van der Waals surface area contributed by atoms with Crippen molar-refractivity contribution in [1.82, 2.24) is 4.98 Å². The highest BCUT2D eigenvalue weighted by atomic mass is 16.3. The van der Waals surface area contributed by atoms with Gasteiger partial charge in [-0.05, 0) is 124 Å². The van der Waals surface area contributed by atoms with Crippen LogP contribution in [0.15, 0.2) is 203 Å². The van der Waals surface area contributed by atoms with Crippen molar-refractivity contribution in [3.05, 3.63) is 194 Å². The molecule has 4 nitrogen and oxygen atoms in total. The fourth-order valence-corrected chi connectivity index (χ4v) is 8.64. The van der Waals surface area contributed by atoms with Gasteiger partial charge in [-0.15, -0.1) is 0 Å². The van der Waals surface area contributed by atoms with Crippen LogP contribution < -0.4 is 4.90 Å². The van der Waals surface area contributed by atoms with Crippen LogP contribution in [0.3, 0.4) is 0 Å². The van der Waals surface area contributed by atoms with Crippen molar-refractivity contribution in [2.75, 3.05) is 4.90 Å². The van der Waals surface area contributed by atoms with Gasteiger partial charge in [-0.1, -0.05) is 97.1 Å². The van der Waals surface area contributed by atoms with E-state index in [0.29, 0.717) is 0 Å². The first-order valence-corrected chi connectivity index (χ1v) is 19.3. The molecule has 3 aromatic heterocycles. The lowest BCUT2D eigenvalue weighted by molar-refractivity contribution is 0.672. The molecule has 0 unspecified atom stereocenters. The first-order valence-electron chi connectivity index (χ1n) is 19.3. The van der Waals surface area contributed by atoms with Gasteiger partial charge in [0.05, 0.1) is 5.52 Å². The predicted molar refractivity (Wildman–Crippen MR) is 237 cm³/mol. The summed E-state index contributed by atoms with van der Waals surface area (Å²) in [5.41, 5.74) is 12.5. The second-order valence-electron chi connectivity index (χ2n) is 14.8. The van der Waals surface area contributed by atoms with E-state index in [4.69, 9.17) is 8.83 Å². The van der Waals surface area contributed by atoms with Crippen molar-refractivity contribution in [2.24, 2.45) is 0 Å². The van der Waals surface area contributed by atoms with E-state index >= 15 is 0 Å². The minimum Gasteiger partial charge on any atom is -0.455 e. The maximum Gasteiger partial charge on any atom is 0.143 e. The molecule has 12 rings (SSSR count). The Hall–Kier alpha value is -7.69. The Morgan fingerprint density at radius 2 is 0.825 bits per heavy atom. The molecule has 0 spiro atoms. The van der Waals surface area contributed by atoms with Crippen LogP contribution in [0.5, 0.6) is 0 Å². The summed E-state index contributed by atoms with van der Waals surface area (Å²) in [5.74, 6) is 0. The Kier molecular flexibility index (Phi) is 6.89. The number of para-hydroxylation sites is 2. The molecule has 0 aliphatic heterocycles. The van der Waals surface area contributed by atoms with E-state index in [1.807, 2.05) is 36.5 Å². The molecule has 0 aliphatic carbocycles. The molecule has 0 amide bonds. The van der Waals surface area contributed by atoms with E-state index in [2.05, 4.69) is 168 Å². The van der Waals surface area contributed by atoms with E-state index in [9.17, 15) is 0 Å². The molecule has 0 fully saturated rings. The van der Waals surface area contributed by atoms with Crippen LogP contribution in [0.1, 0.15) is 0 Å². The first-order chi connectivity index (χ1) is 28.2. The van der Waals surface area contributed by atoms with Crippen molar-refractivity contribution in [3.63, 3.8) is 0 Å². The van der Waals surface area contributed by atoms with Crippen LogP contribution in [0.4, 0.5) is 17.1 Å². The minimum atomic E-state index is 0.904. The van der Waals surface area contributed by atoms with Crippen molar-refractivity contribution in [1.29, 1.82) is 0 Å². The van der Waals surface area contributed by atoms with Gasteiger partial charge in [0.25, 0.3) is 0 Å². The Bertz CT molecular complexity index is 3370. The zero-order valence-corrected chi connectivity index (χ0v) is 30.7. The van der Waals surface area contributed by atoms with Gasteiger partial charge in [0, 0.05) is 61.0 Å². The Balaban J connectivity index is 0.957. The van der Waals surface area contributed by atoms with Crippen LogP contribution in [0.25, 0.3) is 98.6 Å². The Morgan fingerprint density at radius 3 is 1.42 bits per heavy atom. The van der Waals surface area contributed by atoms with Crippen LogP contribution in [-0.4, -0.2) is 4.98 Å². The summed E-state index contributed by atoms with van der Waals surface area (Å²) in [6, 6.07) is 66.9. The fraction of sp³-hybridized carbons (Fsp3) is 0. The number of anilines is 3. The van der Waals surface area contributed by atoms with Crippen molar-refractivity contribution >= 4 is 93.4 Å². The summed E-state index contributed by atoms with van der Waals surface area (Å²) < 4.78 is 12.8. The minimum absolute atomic E-state index is 0.904. The molecule has 0 aliphatic rings. The van der Waals surface area contributed by atoms with E-state index in [-0.39, 0.29) is 0 Å². The zero-order chi connectivity index (χ0) is 37.5. The van der Waals surface area contributed by atoms with Gasteiger partial charge in [-0.3, -0.25) is 4.98 Å². The average Bonchev–Trinajstić information content (AvgIpc) is 3.86. The number of pyridine rings is 1. The quantitative estimate of drug-likeness (QED) is 0.177. The first kappa shape index (κ1) is 31.6. The maximum atomic E-state index is 6.42. The molecule has 57 heavy (non-hydrogen) atoms. The second kappa shape index (κ2) is 12.4. The lowest BCUT2D eigenvalue weighted by Crippen LogP contribution is -2.10. The summed E-state index contributed by atoms with van der Waals surface area (Å²) in [5, 5.41) is 10.1. The lowest BCUT2D eigenvalue weighted by atomic mass is 9.99. The normalized spacial score (nSPS) is 11.9. The summed E-state index contributed by atoms with van der Waals surface area (Å²) in [4.78, 5) is 6.82. The van der Waals surface area contributed by atoms with Crippen LogP contribution >= 0.6 is 0 Å². The van der Waals surface area contributed by atoms with Gasteiger partial charge in [-0.25, -0.2) is 0 Å². The lowest BCUT2D eigenvalue weighted by Gasteiger charge is -2.26. The molecule has 9 aromatic carbocycles. The molecule has 12 aromatic rings. The molecule has 4 heteroatoms. The fourth-order valence-electron chi connectivity index (χ4n) is 8.64. The Labute approximate surface area is 327 Å². The van der Waals surface area contributed by atoms with Crippen molar-refractivity contribution in [2.45, 2.75) is 0 Å². The van der Waals surface area contributed by atoms with E-state index in [0.717, 1.165) is 99.0 Å². The summed E-state index contributed by atoms with van der Waals surface area (Å²) >= 11 is 0. The van der Waals surface area contributed by atoms with Gasteiger partial charge < -0.3 is 13.7 Å². The number of rotatable bonds is 5. The van der Waals surface area contributed by atoms with Gasteiger partial charge in [-0.2, -0.15) is 0 Å². The summed E-state index contributed by atoms with van der Waals surface area (Å²) in [7, 11) is 0. The second-order valence-corrected chi connectivity index (χ2v) is 14.8. The van der Waals surface area contributed by atoms with E-state index in [1.165, 1.54) is 16.7 Å². The van der Waals surface area contributed by atoms with Gasteiger partial charge in [0.15, 0.2) is 0 Å². The smallest absolute Gasteiger partial charge is 0.143 e. The van der Waals surface area contributed by atoms with Crippen LogP contribution in [0.2, 0.25) is 0 Å². The van der Waals surface area contributed by atoms with Crippen molar-refractivity contribution in [3.8, 4) is 22.3 Å². The Morgan fingerprint density at radius 1 is 0.333 bits per heavy atom. The molecule has 0 radical (unpaired) electrons. The molecule has 0 saturated carbocycles. The molecular formula is C53H32N2O2. The number of furan rings is 2. The molecule has 3 heterocycles. The van der Waals surface area contributed by atoms with Crippen molar-refractivity contribution < 1.29 is 8.83 Å². The number of hydrogen-bond acceptors (Lipinski definition) is 4. The number of fused-ring (bicyclic) bond motifs is 11. The summed E-state index contributed by atoms with van der Waals surface area (Å²) in [6.07, 6.45) is 1.84. The maximum absolute atomic E-state index is 6.42. The van der Waals surface area contributed by atoms with Crippen LogP contribution in [-0.2, 0) is 0 Å². The van der Waals surface area contributed by atoms with Crippen LogP contribution in [0, 0.1) is 0 Å². The summed E-state index contributed by atoms with van der Waals surface area (Å²) in [6.45, 7) is 0. The molecule has 0 bridgehead atoms. The average molecular weight is 729 g/mol. The standard InChI is InChI=1S/C53H32N2O2/c1-3-9-50-45(7-1)47-24-17-37-31-41(22-26-43(37)52(47)56-50)55(42-23-27-44-38(32-42)18-25-48-46-8-2-4-10-51(46)57-53(44)48)40-20-15-34(16-21-40)33-11-13-35(14-12-33)36-19-28-49-39(30-36)6-5-29-54-49/h1-32H. The highest BCUT2D eigenvalue weighted by Crippen LogP contribution is 2.42. The third kappa shape index (κ3) is 5.12. The molecule has 266 valence electrons. The third-order valence-electron chi connectivity index (χ3n) is 11.5. The number of nitrogens with zero attached hydrogens (tertiary/aromatic N) is 2. The zero-order valence-electron chi connectivity index (χ0n) is 30.7. The number of hydrogen-bond donors (Lipinski definition) is 0. The van der Waals surface area contributed by atoms with E-state index < -0.39 is 0 Å². The molecule has 0 N–H and O–H groups in total. The highest BCUT2D eigenvalue weighted by molar-refractivity contribution is 6.17. The van der Waals surface area contributed by atoms with Gasteiger partial charge >= 0.3 is 0 Å². The number of aromatic nitrogens is 1. The SMILES string of the molecule is c1cnc2ccc(-c3ccc(-c4ccc(N(c5ccc6c(ccc7c8ccccc8oc67)c5)c5ccc6c(ccc7c8ccccc8oc67)c5)cc4)cc3)cc2c1.